The largest absolute Gasteiger partial charge is 0.451 e. The molecule has 1 aromatic heterocycles. The van der Waals surface area contributed by atoms with Gasteiger partial charge in [-0.2, -0.15) is 0 Å². The average Bonchev–Trinajstić information content (AvgIpc) is 2.60. The summed E-state index contributed by atoms with van der Waals surface area (Å²) in [6.07, 6.45) is 4.41. The number of benzene rings is 1. The third-order valence-electron chi connectivity index (χ3n) is 3.37. The van der Waals surface area contributed by atoms with E-state index in [1.165, 1.54) is 12.4 Å². The molecule has 0 aliphatic rings. The Morgan fingerprint density at radius 1 is 1.21 bits per heavy atom. The van der Waals surface area contributed by atoms with Gasteiger partial charge in [0.2, 0.25) is 0 Å². The van der Waals surface area contributed by atoms with Gasteiger partial charge in [-0.15, -0.1) is 0 Å². The van der Waals surface area contributed by atoms with Crippen LogP contribution in [-0.4, -0.2) is 28.5 Å². The summed E-state index contributed by atoms with van der Waals surface area (Å²) in [4.78, 5) is 31.5. The number of nitrogens with zero attached hydrogens (tertiary/aromatic N) is 2. The van der Waals surface area contributed by atoms with E-state index in [-0.39, 0.29) is 23.5 Å². The van der Waals surface area contributed by atoms with E-state index in [0.717, 1.165) is 18.4 Å². The number of hydrogen-bond donors (Lipinski definition) is 2. The Bertz CT molecular complexity index is 691. The Morgan fingerprint density at radius 3 is 2.58 bits per heavy atom. The van der Waals surface area contributed by atoms with Gasteiger partial charge in [-0.1, -0.05) is 43.7 Å². The highest BCUT2D eigenvalue weighted by atomic mass is 16.5. The number of carbonyl (C=O) groups is 2. The van der Waals surface area contributed by atoms with Crippen molar-refractivity contribution in [1.82, 2.24) is 15.3 Å². The molecule has 0 spiro atoms. The van der Waals surface area contributed by atoms with Crippen LogP contribution in [0.2, 0.25) is 0 Å². The van der Waals surface area contributed by atoms with Crippen molar-refractivity contribution in [1.29, 1.82) is 0 Å². The van der Waals surface area contributed by atoms with Crippen molar-refractivity contribution >= 4 is 17.7 Å². The normalized spacial score (nSPS) is 11.5. The zero-order chi connectivity index (χ0) is 17.4. The Morgan fingerprint density at radius 2 is 1.92 bits per heavy atom. The van der Waals surface area contributed by atoms with E-state index in [1.807, 2.05) is 37.3 Å². The van der Waals surface area contributed by atoms with Crippen LogP contribution in [0.4, 0.5) is 5.82 Å². The van der Waals surface area contributed by atoms with Crippen molar-refractivity contribution < 1.29 is 14.3 Å². The number of nitrogens with two attached hydrogens (primary N) is 1. The molecule has 2 rings (SSSR count). The number of hydrogen-bond acceptors (Lipinski definition) is 6. The van der Waals surface area contributed by atoms with Crippen LogP contribution < -0.4 is 11.1 Å². The first kappa shape index (κ1) is 17.4. The molecule has 2 aromatic rings. The van der Waals surface area contributed by atoms with Gasteiger partial charge in [0.15, 0.2) is 18.1 Å². The molecule has 7 heteroatoms. The number of amides is 1. The Kier molecular flexibility index (Phi) is 6.24. The molecular formula is C17H20N4O3. The molecule has 24 heavy (non-hydrogen) atoms. The van der Waals surface area contributed by atoms with Crippen molar-refractivity contribution in [2.24, 2.45) is 0 Å². The summed E-state index contributed by atoms with van der Waals surface area (Å²) in [5, 5.41) is 2.87. The minimum atomic E-state index is -0.775. The zero-order valence-electron chi connectivity index (χ0n) is 13.4. The van der Waals surface area contributed by atoms with Crippen LogP contribution in [0, 0.1) is 0 Å². The van der Waals surface area contributed by atoms with Gasteiger partial charge in [0, 0.05) is 12.4 Å². The van der Waals surface area contributed by atoms with E-state index >= 15 is 0 Å². The number of aromatic nitrogens is 2. The van der Waals surface area contributed by atoms with Gasteiger partial charge < -0.3 is 15.8 Å². The maximum atomic E-state index is 12.1. The van der Waals surface area contributed by atoms with Crippen LogP contribution in [0.25, 0.3) is 0 Å². The SMILES string of the molecule is CCC[C@H](NC(=O)COC(=O)c1nccnc1N)c1ccccc1. The van der Waals surface area contributed by atoms with Crippen molar-refractivity contribution in [2.75, 3.05) is 12.3 Å². The lowest BCUT2D eigenvalue weighted by molar-refractivity contribution is -0.125. The molecule has 0 fully saturated rings. The van der Waals surface area contributed by atoms with E-state index in [9.17, 15) is 9.59 Å². The number of carbonyl (C=O) groups excluding carboxylic acids is 2. The fraction of sp³-hybridized carbons (Fsp3) is 0.294. The van der Waals surface area contributed by atoms with Gasteiger partial charge in [-0.05, 0) is 12.0 Å². The smallest absolute Gasteiger partial charge is 0.361 e. The van der Waals surface area contributed by atoms with Gasteiger partial charge in [-0.3, -0.25) is 4.79 Å². The molecule has 126 valence electrons. The molecule has 0 radical (unpaired) electrons. The molecule has 0 aliphatic heterocycles. The quantitative estimate of drug-likeness (QED) is 0.751. The third kappa shape index (κ3) is 4.77. The minimum absolute atomic E-state index is 0.0314. The van der Waals surface area contributed by atoms with Gasteiger partial charge in [0.25, 0.3) is 5.91 Å². The molecule has 1 amide bonds. The Balaban J connectivity index is 1.92. The lowest BCUT2D eigenvalue weighted by Crippen LogP contribution is -2.32. The first-order valence-corrected chi connectivity index (χ1v) is 7.69. The molecule has 0 saturated heterocycles. The first-order valence-electron chi connectivity index (χ1n) is 7.69. The fourth-order valence-corrected chi connectivity index (χ4v) is 2.24. The molecule has 1 aromatic carbocycles. The fourth-order valence-electron chi connectivity index (χ4n) is 2.24. The number of rotatable bonds is 7. The molecular weight excluding hydrogens is 308 g/mol. The Hall–Kier alpha value is -2.96. The maximum Gasteiger partial charge on any atom is 0.361 e. The van der Waals surface area contributed by atoms with Crippen molar-refractivity contribution in [3.05, 3.63) is 54.0 Å². The van der Waals surface area contributed by atoms with Crippen LogP contribution in [0.3, 0.4) is 0 Å². The number of anilines is 1. The summed E-state index contributed by atoms with van der Waals surface area (Å²) in [5.74, 6) is -1.19. The summed E-state index contributed by atoms with van der Waals surface area (Å²) >= 11 is 0. The van der Waals surface area contributed by atoms with Crippen LogP contribution >= 0.6 is 0 Å². The van der Waals surface area contributed by atoms with Crippen molar-refractivity contribution in [3.63, 3.8) is 0 Å². The number of esters is 1. The van der Waals surface area contributed by atoms with Gasteiger partial charge in [0.05, 0.1) is 6.04 Å². The minimum Gasteiger partial charge on any atom is -0.451 e. The number of nitrogens with one attached hydrogen (secondary N) is 1. The predicted molar refractivity (Wildman–Crippen MR) is 89.0 cm³/mol. The summed E-state index contributed by atoms with van der Waals surface area (Å²) in [5.41, 5.74) is 6.46. The summed E-state index contributed by atoms with van der Waals surface area (Å²) in [6, 6.07) is 9.53. The highest BCUT2D eigenvalue weighted by Crippen LogP contribution is 2.17. The van der Waals surface area contributed by atoms with Gasteiger partial charge in [0.1, 0.15) is 0 Å². The van der Waals surface area contributed by atoms with Crippen LogP contribution in [0.15, 0.2) is 42.7 Å². The molecule has 0 saturated carbocycles. The monoisotopic (exact) mass is 328 g/mol. The van der Waals surface area contributed by atoms with E-state index in [4.69, 9.17) is 10.5 Å². The highest BCUT2D eigenvalue weighted by molar-refractivity contribution is 5.93. The Labute approximate surface area is 140 Å². The van der Waals surface area contributed by atoms with E-state index in [0.29, 0.717) is 0 Å². The van der Waals surface area contributed by atoms with Crippen LogP contribution in [0.5, 0.6) is 0 Å². The predicted octanol–water partition coefficient (Wildman–Crippen LogP) is 1.87. The molecule has 1 heterocycles. The number of ether oxygens (including phenoxy) is 1. The summed E-state index contributed by atoms with van der Waals surface area (Å²) in [7, 11) is 0. The molecule has 3 N–H and O–H groups in total. The molecule has 1 atom stereocenters. The summed E-state index contributed by atoms with van der Waals surface area (Å²) in [6.45, 7) is 1.64. The highest BCUT2D eigenvalue weighted by Gasteiger charge is 2.18. The third-order valence-corrected chi connectivity index (χ3v) is 3.37. The standard InChI is InChI=1S/C17H20N4O3/c1-2-6-13(12-7-4-3-5-8-12)21-14(22)11-24-17(23)15-16(18)20-10-9-19-15/h3-5,7-10,13H,2,6,11H2,1H3,(H2,18,20)(H,21,22)/t13-/m0/s1. The second-order valence-electron chi connectivity index (χ2n) is 5.19. The lowest BCUT2D eigenvalue weighted by atomic mass is 10.0. The van der Waals surface area contributed by atoms with E-state index < -0.39 is 12.6 Å². The lowest BCUT2D eigenvalue weighted by Gasteiger charge is -2.18. The second kappa shape index (κ2) is 8.61. The van der Waals surface area contributed by atoms with Gasteiger partial charge in [-0.25, -0.2) is 14.8 Å². The second-order valence-corrected chi connectivity index (χ2v) is 5.19. The van der Waals surface area contributed by atoms with Gasteiger partial charge >= 0.3 is 5.97 Å². The molecule has 0 unspecified atom stereocenters. The van der Waals surface area contributed by atoms with Crippen LogP contribution in [0.1, 0.15) is 41.9 Å². The average molecular weight is 328 g/mol. The molecule has 0 aliphatic carbocycles. The topological polar surface area (TPSA) is 107 Å². The molecule has 0 bridgehead atoms. The van der Waals surface area contributed by atoms with E-state index in [1.54, 1.807) is 0 Å². The zero-order valence-corrected chi connectivity index (χ0v) is 13.4. The maximum absolute atomic E-state index is 12.1. The van der Waals surface area contributed by atoms with E-state index in [2.05, 4.69) is 15.3 Å². The first-order chi connectivity index (χ1) is 11.6. The number of nitrogen functional groups attached to an aromatic ring is 1. The summed E-state index contributed by atoms with van der Waals surface area (Å²) < 4.78 is 4.95. The van der Waals surface area contributed by atoms with Crippen molar-refractivity contribution in [3.8, 4) is 0 Å². The van der Waals surface area contributed by atoms with Crippen molar-refractivity contribution in [2.45, 2.75) is 25.8 Å². The molecule has 7 nitrogen and oxygen atoms in total. The van der Waals surface area contributed by atoms with Crippen LogP contribution in [-0.2, 0) is 9.53 Å².